The summed E-state index contributed by atoms with van der Waals surface area (Å²) in [6.07, 6.45) is -4.17. The number of halogens is 4. The Morgan fingerprint density at radius 3 is 2.21 bits per heavy atom. The van der Waals surface area contributed by atoms with Crippen LogP contribution in [0.4, 0.5) is 13.2 Å². The molecule has 0 aliphatic carbocycles. The van der Waals surface area contributed by atoms with E-state index in [-0.39, 0.29) is 18.5 Å². The maximum Gasteiger partial charge on any atom is 0.401 e. The number of alkyl halides is 4. The average molecular weight is 230 g/mol. The van der Waals surface area contributed by atoms with Gasteiger partial charge in [-0.3, -0.25) is 4.90 Å². The first-order valence-corrected chi connectivity index (χ1v) is 4.83. The zero-order valence-electron chi connectivity index (χ0n) is 8.36. The molecule has 0 aromatic rings. The molecule has 0 heterocycles. The highest BCUT2D eigenvalue weighted by Crippen LogP contribution is 2.18. The van der Waals surface area contributed by atoms with E-state index in [1.54, 1.807) is 13.8 Å². The normalized spacial score (nSPS) is 12.6. The predicted molar refractivity (Wildman–Crippen MR) is 52.6 cm³/mol. The summed E-state index contributed by atoms with van der Waals surface area (Å²) in [5.41, 5.74) is 0.601. The van der Waals surface area contributed by atoms with Gasteiger partial charge >= 0.3 is 6.18 Å². The topological polar surface area (TPSA) is 3.24 Å². The fourth-order valence-corrected chi connectivity index (χ4v) is 1.07. The van der Waals surface area contributed by atoms with Gasteiger partial charge in [0.1, 0.15) is 0 Å². The molecule has 0 aliphatic rings. The molecule has 1 nitrogen and oxygen atoms in total. The second-order valence-corrected chi connectivity index (χ2v) is 3.76. The predicted octanol–water partition coefficient (Wildman–Crippen LogP) is 3.05. The third kappa shape index (κ3) is 6.27. The molecule has 0 unspecified atom stereocenters. The van der Waals surface area contributed by atoms with Gasteiger partial charge in [0.05, 0.1) is 6.54 Å². The first kappa shape index (κ1) is 13.8. The molecule has 5 heteroatoms. The summed E-state index contributed by atoms with van der Waals surface area (Å²) in [6.45, 7) is 6.29. The van der Waals surface area contributed by atoms with Gasteiger partial charge in [0.2, 0.25) is 0 Å². The first-order chi connectivity index (χ1) is 6.26. The Bertz CT molecular complexity index is 189. The minimum absolute atomic E-state index is 0.170. The molecule has 0 aromatic heterocycles. The minimum Gasteiger partial charge on any atom is -0.289 e. The summed E-state index contributed by atoms with van der Waals surface area (Å²) in [6, 6.07) is -0.170. The smallest absolute Gasteiger partial charge is 0.289 e. The Labute approximate surface area is 87.5 Å². The third-order valence-electron chi connectivity index (χ3n) is 1.73. The van der Waals surface area contributed by atoms with E-state index >= 15 is 0 Å². The van der Waals surface area contributed by atoms with Crippen molar-refractivity contribution in [3.8, 4) is 0 Å². The van der Waals surface area contributed by atoms with Crippen LogP contribution in [0.3, 0.4) is 0 Å². The number of hydrogen-bond acceptors (Lipinski definition) is 1. The van der Waals surface area contributed by atoms with Crippen LogP contribution in [0.15, 0.2) is 12.2 Å². The van der Waals surface area contributed by atoms with Gasteiger partial charge in [-0.15, -0.1) is 11.6 Å². The molecule has 0 atom stereocenters. The van der Waals surface area contributed by atoms with Crippen molar-refractivity contribution >= 4 is 11.6 Å². The maximum atomic E-state index is 12.1. The third-order valence-corrected chi connectivity index (χ3v) is 2.11. The van der Waals surface area contributed by atoms with Gasteiger partial charge in [-0.25, -0.2) is 0 Å². The Kier molecular flexibility index (Phi) is 5.52. The van der Waals surface area contributed by atoms with Crippen molar-refractivity contribution in [1.29, 1.82) is 0 Å². The lowest BCUT2D eigenvalue weighted by Gasteiger charge is -2.27. The minimum atomic E-state index is -4.17. The molecular weight excluding hydrogens is 215 g/mol. The highest BCUT2D eigenvalue weighted by atomic mass is 35.5. The molecule has 14 heavy (non-hydrogen) atoms. The van der Waals surface area contributed by atoms with Crippen LogP contribution >= 0.6 is 11.6 Å². The molecule has 0 amide bonds. The Hall–Kier alpha value is -0.220. The zero-order valence-corrected chi connectivity index (χ0v) is 9.12. The Morgan fingerprint density at radius 2 is 1.93 bits per heavy atom. The van der Waals surface area contributed by atoms with E-state index in [4.69, 9.17) is 11.6 Å². The maximum absolute atomic E-state index is 12.1. The molecule has 0 bridgehead atoms. The van der Waals surface area contributed by atoms with Crippen molar-refractivity contribution in [1.82, 2.24) is 4.90 Å². The Balaban J connectivity index is 4.24. The highest BCUT2D eigenvalue weighted by molar-refractivity contribution is 6.19. The lowest BCUT2D eigenvalue weighted by atomic mass is 10.2. The summed E-state index contributed by atoms with van der Waals surface area (Å²) in [7, 11) is 0. The summed E-state index contributed by atoms with van der Waals surface area (Å²) >= 11 is 5.46. The molecule has 84 valence electrons. The molecule has 0 aliphatic heterocycles. The van der Waals surface area contributed by atoms with E-state index in [0.29, 0.717) is 5.57 Å². The monoisotopic (exact) mass is 229 g/mol. The van der Waals surface area contributed by atoms with Crippen LogP contribution in [0.25, 0.3) is 0 Å². The van der Waals surface area contributed by atoms with Crippen LogP contribution < -0.4 is 0 Å². The van der Waals surface area contributed by atoms with Gasteiger partial charge in [0, 0.05) is 18.5 Å². The van der Waals surface area contributed by atoms with E-state index in [2.05, 4.69) is 6.58 Å². The Morgan fingerprint density at radius 1 is 1.43 bits per heavy atom. The van der Waals surface area contributed by atoms with Gasteiger partial charge < -0.3 is 0 Å². The number of hydrogen-bond donors (Lipinski definition) is 0. The van der Waals surface area contributed by atoms with E-state index in [0.717, 1.165) is 0 Å². The molecule has 0 fully saturated rings. The van der Waals surface area contributed by atoms with Gasteiger partial charge in [-0.05, 0) is 19.4 Å². The van der Waals surface area contributed by atoms with Crippen molar-refractivity contribution < 1.29 is 13.2 Å². The van der Waals surface area contributed by atoms with Gasteiger partial charge in [-0.1, -0.05) is 6.58 Å². The summed E-state index contributed by atoms with van der Waals surface area (Å²) < 4.78 is 36.3. The summed E-state index contributed by atoms with van der Waals surface area (Å²) in [4.78, 5) is 1.30. The van der Waals surface area contributed by atoms with Crippen molar-refractivity contribution in [3.05, 3.63) is 12.2 Å². The van der Waals surface area contributed by atoms with Gasteiger partial charge in [0.25, 0.3) is 0 Å². The van der Waals surface area contributed by atoms with Crippen molar-refractivity contribution in [2.75, 3.05) is 19.0 Å². The largest absolute Gasteiger partial charge is 0.401 e. The van der Waals surface area contributed by atoms with Crippen LogP contribution in [0.1, 0.15) is 13.8 Å². The van der Waals surface area contributed by atoms with Crippen LogP contribution in [0.5, 0.6) is 0 Å². The molecule has 0 rings (SSSR count). The second kappa shape index (κ2) is 5.61. The van der Waals surface area contributed by atoms with Gasteiger partial charge in [-0.2, -0.15) is 13.2 Å². The fraction of sp³-hybridized carbons (Fsp3) is 0.778. The molecule has 0 radical (unpaired) electrons. The van der Waals surface area contributed by atoms with E-state index in [1.807, 2.05) is 0 Å². The van der Waals surface area contributed by atoms with E-state index < -0.39 is 12.7 Å². The van der Waals surface area contributed by atoms with E-state index in [1.165, 1.54) is 4.90 Å². The highest BCUT2D eigenvalue weighted by Gasteiger charge is 2.31. The van der Waals surface area contributed by atoms with Crippen molar-refractivity contribution in [3.63, 3.8) is 0 Å². The molecule has 0 saturated carbocycles. The summed E-state index contributed by atoms with van der Waals surface area (Å²) in [5.74, 6) is 0.196. The lowest BCUT2D eigenvalue weighted by molar-refractivity contribution is -0.148. The second-order valence-electron chi connectivity index (χ2n) is 3.50. The molecule has 0 saturated heterocycles. The van der Waals surface area contributed by atoms with Crippen LogP contribution in [0.2, 0.25) is 0 Å². The molecule has 0 N–H and O–H groups in total. The van der Waals surface area contributed by atoms with Crippen molar-refractivity contribution in [2.24, 2.45) is 0 Å². The van der Waals surface area contributed by atoms with E-state index in [9.17, 15) is 13.2 Å². The van der Waals surface area contributed by atoms with Crippen LogP contribution in [-0.4, -0.2) is 36.1 Å². The molecule has 0 aromatic carbocycles. The standard InChI is InChI=1S/C9H15ClF3N/c1-7(2)14(5-8(3)4-10)6-9(11,12)13/h7H,3-6H2,1-2H3. The number of nitrogens with zero attached hydrogens (tertiary/aromatic N) is 1. The first-order valence-electron chi connectivity index (χ1n) is 4.29. The SMILES string of the molecule is C=C(CCl)CN(CC(F)(F)F)C(C)C. The molecule has 0 spiro atoms. The number of rotatable bonds is 5. The summed E-state index contributed by atoms with van der Waals surface area (Å²) in [5, 5.41) is 0. The fourth-order valence-electron chi connectivity index (χ4n) is 0.981. The van der Waals surface area contributed by atoms with Crippen LogP contribution in [0, 0.1) is 0 Å². The van der Waals surface area contributed by atoms with Crippen molar-refractivity contribution in [2.45, 2.75) is 26.1 Å². The van der Waals surface area contributed by atoms with Gasteiger partial charge in [0.15, 0.2) is 0 Å². The molecular formula is C9H15ClF3N. The lowest BCUT2D eigenvalue weighted by Crippen LogP contribution is -2.40. The average Bonchev–Trinajstić information content (AvgIpc) is 2.00. The quantitative estimate of drug-likeness (QED) is 0.517. The zero-order chi connectivity index (χ0) is 11.4. The van der Waals surface area contributed by atoms with Crippen LogP contribution in [-0.2, 0) is 0 Å².